The standard InChI is InChI=1S/C18H20ClNO.ClH/c1-20-10-9-16(17-5-3-4-6-18(17)19)15-8-7-14(21-2)11-13(15)12-20;/h3-8,11,16H,9-10,12H2,1-2H3;1H. The van der Waals surface area contributed by atoms with Crippen LogP contribution in [0.25, 0.3) is 0 Å². The van der Waals surface area contributed by atoms with Gasteiger partial charge in [0.2, 0.25) is 0 Å². The molecule has 118 valence electrons. The molecule has 0 spiro atoms. The molecule has 0 saturated carbocycles. The molecule has 0 bridgehead atoms. The summed E-state index contributed by atoms with van der Waals surface area (Å²) >= 11 is 6.43. The highest BCUT2D eigenvalue weighted by Crippen LogP contribution is 2.38. The number of benzene rings is 2. The molecule has 2 aromatic carbocycles. The van der Waals surface area contributed by atoms with E-state index in [1.807, 2.05) is 18.2 Å². The maximum Gasteiger partial charge on any atom is 0.119 e. The van der Waals surface area contributed by atoms with E-state index in [1.165, 1.54) is 16.7 Å². The number of rotatable bonds is 2. The Morgan fingerprint density at radius 1 is 1.14 bits per heavy atom. The van der Waals surface area contributed by atoms with Crippen LogP contribution in [-0.2, 0) is 6.54 Å². The van der Waals surface area contributed by atoms with Crippen molar-refractivity contribution in [1.29, 1.82) is 0 Å². The van der Waals surface area contributed by atoms with E-state index >= 15 is 0 Å². The van der Waals surface area contributed by atoms with Crippen LogP contribution in [0.3, 0.4) is 0 Å². The summed E-state index contributed by atoms with van der Waals surface area (Å²) in [6.45, 7) is 2.01. The molecule has 0 radical (unpaired) electrons. The molecule has 0 fully saturated rings. The zero-order valence-electron chi connectivity index (χ0n) is 12.9. The van der Waals surface area contributed by atoms with Crippen molar-refractivity contribution in [3.63, 3.8) is 0 Å². The Hall–Kier alpha value is -1.22. The summed E-state index contributed by atoms with van der Waals surface area (Å²) in [5.74, 6) is 1.27. The minimum absolute atomic E-state index is 0. The highest BCUT2D eigenvalue weighted by molar-refractivity contribution is 6.31. The Kier molecular flexibility index (Phi) is 5.74. The molecule has 1 unspecified atom stereocenters. The van der Waals surface area contributed by atoms with Crippen LogP contribution in [0.15, 0.2) is 42.5 Å². The molecule has 2 aromatic rings. The first-order valence-electron chi connectivity index (χ1n) is 7.29. The molecular formula is C18H21Cl2NO. The number of hydrogen-bond donors (Lipinski definition) is 0. The molecule has 1 aliphatic heterocycles. The SMILES string of the molecule is COc1ccc2c(c1)CN(C)CCC2c1ccccc1Cl.Cl. The molecule has 22 heavy (non-hydrogen) atoms. The number of fused-ring (bicyclic) bond motifs is 1. The second kappa shape index (κ2) is 7.36. The van der Waals surface area contributed by atoms with E-state index in [0.717, 1.165) is 30.3 Å². The fraction of sp³-hybridized carbons (Fsp3) is 0.333. The smallest absolute Gasteiger partial charge is 0.119 e. The summed E-state index contributed by atoms with van der Waals surface area (Å²) in [5, 5.41) is 0.855. The van der Waals surface area contributed by atoms with E-state index < -0.39 is 0 Å². The number of hydrogen-bond acceptors (Lipinski definition) is 2. The van der Waals surface area contributed by atoms with Gasteiger partial charge < -0.3 is 9.64 Å². The van der Waals surface area contributed by atoms with Crippen molar-refractivity contribution in [2.24, 2.45) is 0 Å². The zero-order chi connectivity index (χ0) is 14.8. The minimum atomic E-state index is 0. The van der Waals surface area contributed by atoms with Gasteiger partial charge in [0, 0.05) is 17.5 Å². The Morgan fingerprint density at radius 2 is 1.91 bits per heavy atom. The van der Waals surface area contributed by atoms with Crippen molar-refractivity contribution in [3.05, 3.63) is 64.2 Å². The lowest BCUT2D eigenvalue weighted by Crippen LogP contribution is -2.17. The fourth-order valence-corrected chi connectivity index (χ4v) is 3.41. The molecule has 0 amide bonds. The fourth-order valence-electron chi connectivity index (χ4n) is 3.14. The lowest BCUT2D eigenvalue weighted by molar-refractivity contribution is 0.327. The van der Waals surface area contributed by atoms with E-state index in [1.54, 1.807) is 7.11 Å². The molecule has 4 heteroatoms. The van der Waals surface area contributed by atoms with Crippen LogP contribution in [0.4, 0.5) is 0 Å². The molecule has 0 aliphatic carbocycles. The average molecular weight is 338 g/mol. The van der Waals surface area contributed by atoms with Crippen LogP contribution in [0.5, 0.6) is 5.75 Å². The largest absolute Gasteiger partial charge is 0.497 e. The Labute approximate surface area is 143 Å². The van der Waals surface area contributed by atoms with Crippen molar-refractivity contribution < 1.29 is 4.74 Å². The molecule has 2 nitrogen and oxygen atoms in total. The van der Waals surface area contributed by atoms with Crippen molar-refractivity contribution in [1.82, 2.24) is 4.90 Å². The maximum atomic E-state index is 6.43. The monoisotopic (exact) mass is 337 g/mol. The van der Waals surface area contributed by atoms with Gasteiger partial charge in [0.15, 0.2) is 0 Å². The zero-order valence-corrected chi connectivity index (χ0v) is 14.5. The van der Waals surface area contributed by atoms with E-state index in [2.05, 4.69) is 36.2 Å². The van der Waals surface area contributed by atoms with Crippen molar-refractivity contribution in [2.45, 2.75) is 18.9 Å². The summed E-state index contributed by atoms with van der Waals surface area (Å²) in [6.07, 6.45) is 1.08. The Balaban J connectivity index is 0.00000176. The van der Waals surface area contributed by atoms with Gasteiger partial charge in [-0.25, -0.2) is 0 Å². The van der Waals surface area contributed by atoms with Crippen molar-refractivity contribution in [3.8, 4) is 5.75 Å². The second-order valence-corrected chi connectivity index (χ2v) is 6.07. The molecule has 1 aliphatic rings. The van der Waals surface area contributed by atoms with E-state index in [-0.39, 0.29) is 12.4 Å². The first-order chi connectivity index (χ1) is 10.2. The van der Waals surface area contributed by atoms with Gasteiger partial charge in [0.05, 0.1) is 7.11 Å². The summed E-state index contributed by atoms with van der Waals surface area (Å²) < 4.78 is 5.38. The molecule has 1 atom stereocenters. The van der Waals surface area contributed by atoms with Crippen LogP contribution in [0, 0.1) is 0 Å². The number of ether oxygens (including phenoxy) is 1. The Morgan fingerprint density at radius 3 is 2.64 bits per heavy atom. The first-order valence-corrected chi connectivity index (χ1v) is 7.66. The van der Waals surface area contributed by atoms with E-state index in [9.17, 15) is 0 Å². The van der Waals surface area contributed by atoms with Crippen molar-refractivity contribution >= 4 is 24.0 Å². The Bertz CT molecular complexity index is 645. The lowest BCUT2D eigenvalue weighted by Gasteiger charge is -2.19. The minimum Gasteiger partial charge on any atom is -0.497 e. The number of halogens is 2. The van der Waals surface area contributed by atoms with Gasteiger partial charge in [-0.05, 0) is 54.9 Å². The van der Waals surface area contributed by atoms with Crippen LogP contribution >= 0.6 is 24.0 Å². The number of nitrogens with zero attached hydrogens (tertiary/aromatic N) is 1. The number of methoxy groups -OCH3 is 1. The van der Waals surface area contributed by atoms with Gasteiger partial charge in [-0.1, -0.05) is 35.9 Å². The van der Waals surface area contributed by atoms with Gasteiger partial charge >= 0.3 is 0 Å². The second-order valence-electron chi connectivity index (χ2n) is 5.67. The van der Waals surface area contributed by atoms with Gasteiger partial charge in [-0.2, -0.15) is 0 Å². The predicted molar refractivity (Wildman–Crippen MR) is 94.5 cm³/mol. The maximum absolute atomic E-state index is 6.43. The highest BCUT2D eigenvalue weighted by atomic mass is 35.5. The normalized spacial score (nSPS) is 18.0. The van der Waals surface area contributed by atoms with Gasteiger partial charge in [0.1, 0.15) is 5.75 Å². The lowest BCUT2D eigenvalue weighted by atomic mass is 9.86. The summed E-state index contributed by atoms with van der Waals surface area (Å²) in [6, 6.07) is 14.6. The van der Waals surface area contributed by atoms with E-state index in [0.29, 0.717) is 5.92 Å². The van der Waals surface area contributed by atoms with Gasteiger partial charge in [-0.15, -0.1) is 12.4 Å². The molecule has 0 aromatic heterocycles. The molecular weight excluding hydrogens is 317 g/mol. The molecule has 3 rings (SSSR count). The average Bonchev–Trinajstić information content (AvgIpc) is 2.65. The van der Waals surface area contributed by atoms with E-state index in [4.69, 9.17) is 16.3 Å². The molecule has 0 N–H and O–H groups in total. The first kappa shape index (κ1) is 17.1. The topological polar surface area (TPSA) is 12.5 Å². The molecule has 1 heterocycles. The summed E-state index contributed by atoms with van der Waals surface area (Å²) in [7, 11) is 3.88. The third kappa shape index (κ3) is 3.40. The highest BCUT2D eigenvalue weighted by Gasteiger charge is 2.24. The molecule has 0 saturated heterocycles. The van der Waals surface area contributed by atoms with Crippen LogP contribution < -0.4 is 4.74 Å². The van der Waals surface area contributed by atoms with Gasteiger partial charge in [0.25, 0.3) is 0 Å². The van der Waals surface area contributed by atoms with Crippen LogP contribution in [0.2, 0.25) is 5.02 Å². The predicted octanol–water partition coefficient (Wildman–Crippen LogP) is 4.74. The summed E-state index contributed by atoms with van der Waals surface area (Å²) in [4.78, 5) is 2.36. The summed E-state index contributed by atoms with van der Waals surface area (Å²) in [5.41, 5.74) is 3.92. The third-order valence-electron chi connectivity index (χ3n) is 4.25. The van der Waals surface area contributed by atoms with Crippen molar-refractivity contribution in [2.75, 3.05) is 20.7 Å². The van der Waals surface area contributed by atoms with Crippen LogP contribution in [-0.4, -0.2) is 25.6 Å². The van der Waals surface area contributed by atoms with Gasteiger partial charge in [-0.3, -0.25) is 0 Å². The third-order valence-corrected chi connectivity index (χ3v) is 4.59. The van der Waals surface area contributed by atoms with Crippen LogP contribution in [0.1, 0.15) is 29.0 Å². The quantitative estimate of drug-likeness (QED) is 0.784.